The van der Waals surface area contributed by atoms with Gasteiger partial charge in [0.15, 0.2) is 0 Å². The van der Waals surface area contributed by atoms with Crippen LogP contribution in [0.4, 0.5) is 0 Å². The Morgan fingerprint density at radius 3 is 2.30 bits per heavy atom. The Kier molecular flexibility index (Phi) is 2.47. The first-order valence-electron chi connectivity index (χ1n) is 3.64. The van der Waals surface area contributed by atoms with Crippen molar-refractivity contribution in [2.45, 2.75) is 20.0 Å². The van der Waals surface area contributed by atoms with E-state index in [4.69, 9.17) is 0 Å². The van der Waals surface area contributed by atoms with Crippen LogP contribution in [-0.2, 0) is 10.8 Å². The molecule has 1 heterocycles. The summed E-state index contributed by atoms with van der Waals surface area (Å²) in [5, 5.41) is 9.34. The molecule has 0 aromatic carbocycles. The first-order valence-corrected chi connectivity index (χ1v) is 5.13. The second-order valence-electron chi connectivity index (χ2n) is 3.25. The molecule has 0 spiro atoms. The molecule has 1 fully saturated rings. The van der Waals surface area contributed by atoms with Gasteiger partial charge in [0, 0.05) is 22.3 Å². The lowest BCUT2D eigenvalue weighted by atomic mass is 9.93. The highest BCUT2D eigenvalue weighted by atomic mass is 32.2. The molecule has 0 aromatic heterocycles. The SMILES string of the molecule is CC(C)C1CS(=O)C[C@H]1O. The smallest absolute Gasteiger partial charge is 0.0694 e. The molecule has 3 heteroatoms. The molecule has 1 saturated heterocycles. The van der Waals surface area contributed by atoms with Gasteiger partial charge in [-0.15, -0.1) is 0 Å². The van der Waals surface area contributed by atoms with Gasteiger partial charge in [0.05, 0.1) is 6.10 Å². The highest BCUT2D eigenvalue weighted by Gasteiger charge is 2.32. The summed E-state index contributed by atoms with van der Waals surface area (Å²) in [6, 6.07) is 0. The van der Waals surface area contributed by atoms with Crippen LogP contribution < -0.4 is 0 Å². The molecule has 1 aliphatic rings. The molecule has 1 N–H and O–H groups in total. The van der Waals surface area contributed by atoms with E-state index >= 15 is 0 Å². The number of aliphatic hydroxyl groups is 1. The van der Waals surface area contributed by atoms with Crippen LogP contribution in [-0.4, -0.2) is 26.9 Å². The highest BCUT2D eigenvalue weighted by molar-refractivity contribution is 7.85. The Morgan fingerprint density at radius 1 is 1.50 bits per heavy atom. The lowest BCUT2D eigenvalue weighted by Gasteiger charge is -2.16. The lowest BCUT2D eigenvalue weighted by molar-refractivity contribution is 0.124. The predicted molar refractivity (Wildman–Crippen MR) is 42.2 cm³/mol. The number of hydrogen-bond donors (Lipinski definition) is 1. The monoisotopic (exact) mass is 162 g/mol. The minimum atomic E-state index is -0.754. The van der Waals surface area contributed by atoms with E-state index < -0.39 is 10.8 Å². The van der Waals surface area contributed by atoms with E-state index in [1.54, 1.807) is 0 Å². The van der Waals surface area contributed by atoms with E-state index in [2.05, 4.69) is 13.8 Å². The first kappa shape index (κ1) is 8.21. The molecule has 0 saturated carbocycles. The van der Waals surface area contributed by atoms with Crippen LogP contribution in [0.1, 0.15) is 13.8 Å². The van der Waals surface area contributed by atoms with Crippen LogP contribution in [0.25, 0.3) is 0 Å². The Labute approximate surface area is 64.1 Å². The molecule has 0 bridgehead atoms. The van der Waals surface area contributed by atoms with Crippen molar-refractivity contribution >= 4 is 10.8 Å². The van der Waals surface area contributed by atoms with Gasteiger partial charge < -0.3 is 5.11 Å². The normalized spacial score (nSPS) is 41.0. The Hall–Kier alpha value is 0.110. The average molecular weight is 162 g/mol. The average Bonchev–Trinajstić information content (AvgIpc) is 2.10. The molecule has 0 radical (unpaired) electrons. The van der Waals surface area contributed by atoms with Crippen molar-refractivity contribution in [1.29, 1.82) is 0 Å². The number of aliphatic hydroxyl groups excluding tert-OH is 1. The van der Waals surface area contributed by atoms with Crippen molar-refractivity contribution in [2.75, 3.05) is 11.5 Å². The van der Waals surface area contributed by atoms with Crippen LogP contribution in [0, 0.1) is 11.8 Å². The summed E-state index contributed by atoms with van der Waals surface area (Å²) >= 11 is 0. The summed E-state index contributed by atoms with van der Waals surface area (Å²) in [6.45, 7) is 4.13. The summed E-state index contributed by atoms with van der Waals surface area (Å²) < 4.78 is 10.9. The van der Waals surface area contributed by atoms with Gasteiger partial charge in [-0.3, -0.25) is 4.21 Å². The van der Waals surface area contributed by atoms with E-state index in [1.165, 1.54) is 0 Å². The zero-order valence-electron chi connectivity index (χ0n) is 6.41. The van der Waals surface area contributed by atoms with Crippen LogP contribution in [0.2, 0.25) is 0 Å². The lowest BCUT2D eigenvalue weighted by Crippen LogP contribution is -2.22. The second kappa shape index (κ2) is 3.01. The fraction of sp³-hybridized carbons (Fsp3) is 1.00. The van der Waals surface area contributed by atoms with Gasteiger partial charge in [0.1, 0.15) is 0 Å². The van der Waals surface area contributed by atoms with Crippen molar-refractivity contribution in [3.05, 3.63) is 0 Å². The minimum absolute atomic E-state index is 0.265. The maximum absolute atomic E-state index is 10.9. The number of rotatable bonds is 1. The largest absolute Gasteiger partial charge is 0.392 e. The maximum atomic E-state index is 10.9. The third-order valence-corrected chi connectivity index (χ3v) is 3.56. The maximum Gasteiger partial charge on any atom is 0.0694 e. The summed E-state index contributed by atoms with van der Waals surface area (Å²) in [5.41, 5.74) is 0. The topological polar surface area (TPSA) is 37.3 Å². The molecular weight excluding hydrogens is 148 g/mol. The zero-order chi connectivity index (χ0) is 7.72. The Balaban J connectivity index is 2.54. The van der Waals surface area contributed by atoms with Gasteiger partial charge >= 0.3 is 0 Å². The van der Waals surface area contributed by atoms with E-state index in [1.807, 2.05) is 0 Å². The van der Waals surface area contributed by atoms with Gasteiger partial charge in [-0.05, 0) is 11.8 Å². The summed E-state index contributed by atoms with van der Waals surface area (Å²) in [7, 11) is -0.754. The van der Waals surface area contributed by atoms with Crippen molar-refractivity contribution in [1.82, 2.24) is 0 Å². The summed E-state index contributed by atoms with van der Waals surface area (Å²) in [5.74, 6) is 1.91. The van der Waals surface area contributed by atoms with E-state index in [0.29, 0.717) is 17.4 Å². The quantitative estimate of drug-likeness (QED) is 0.605. The van der Waals surface area contributed by atoms with Gasteiger partial charge in [-0.25, -0.2) is 0 Å². The predicted octanol–water partition coefficient (Wildman–Crippen LogP) is 0.382. The zero-order valence-corrected chi connectivity index (χ0v) is 7.23. The van der Waals surface area contributed by atoms with Gasteiger partial charge in [0.2, 0.25) is 0 Å². The summed E-state index contributed by atoms with van der Waals surface area (Å²) in [6.07, 6.45) is -0.319. The fourth-order valence-electron chi connectivity index (χ4n) is 1.34. The van der Waals surface area contributed by atoms with E-state index in [0.717, 1.165) is 0 Å². The van der Waals surface area contributed by atoms with Gasteiger partial charge in [-0.1, -0.05) is 13.8 Å². The van der Waals surface area contributed by atoms with Crippen LogP contribution in [0.15, 0.2) is 0 Å². The molecular formula is C7H14O2S. The van der Waals surface area contributed by atoms with Gasteiger partial charge in [-0.2, -0.15) is 0 Å². The molecule has 2 nitrogen and oxygen atoms in total. The molecule has 1 rings (SSSR count). The molecule has 10 heavy (non-hydrogen) atoms. The van der Waals surface area contributed by atoms with Crippen LogP contribution >= 0.6 is 0 Å². The van der Waals surface area contributed by atoms with E-state index in [-0.39, 0.29) is 12.0 Å². The van der Waals surface area contributed by atoms with Crippen LogP contribution in [0.5, 0.6) is 0 Å². The van der Waals surface area contributed by atoms with Crippen molar-refractivity contribution in [3.63, 3.8) is 0 Å². The molecule has 60 valence electrons. The molecule has 0 aromatic rings. The van der Waals surface area contributed by atoms with E-state index in [9.17, 15) is 9.32 Å². The number of hydrogen-bond acceptors (Lipinski definition) is 2. The third-order valence-electron chi connectivity index (χ3n) is 2.09. The van der Waals surface area contributed by atoms with Crippen molar-refractivity contribution in [2.24, 2.45) is 11.8 Å². The molecule has 2 unspecified atom stereocenters. The third kappa shape index (κ3) is 1.58. The highest BCUT2D eigenvalue weighted by Crippen LogP contribution is 2.23. The first-order chi connectivity index (χ1) is 4.61. The fourth-order valence-corrected chi connectivity index (χ4v) is 3.15. The summed E-state index contributed by atoms with van der Waals surface area (Å²) in [4.78, 5) is 0. The van der Waals surface area contributed by atoms with Crippen molar-refractivity contribution in [3.8, 4) is 0 Å². The standard InChI is InChI=1S/C7H14O2S/c1-5(2)6-3-10(9)4-7(6)8/h5-8H,3-4H2,1-2H3/t6?,7-,10?/m1/s1. The molecule has 3 atom stereocenters. The molecule has 0 amide bonds. The molecule has 1 aliphatic heterocycles. The minimum Gasteiger partial charge on any atom is -0.392 e. The van der Waals surface area contributed by atoms with Crippen LogP contribution in [0.3, 0.4) is 0 Å². The van der Waals surface area contributed by atoms with Gasteiger partial charge in [0.25, 0.3) is 0 Å². The Morgan fingerprint density at radius 2 is 2.10 bits per heavy atom. The Bertz CT molecular complexity index is 145. The van der Waals surface area contributed by atoms with Crippen molar-refractivity contribution < 1.29 is 9.32 Å². The second-order valence-corrected chi connectivity index (χ2v) is 4.79. The molecule has 0 aliphatic carbocycles.